The maximum atomic E-state index is 14.9. The molecule has 0 N–H and O–H groups in total. The first-order chi connectivity index (χ1) is 12.1. The van der Waals surface area contributed by atoms with Crippen molar-refractivity contribution in [2.75, 3.05) is 0 Å². The van der Waals surface area contributed by atoms with E-state index in [1.807, 2.05) is 27.7 Å². The summed E-state index contributed by atoms with van der Waals surface area (Å²) >= 11 is 0. The van der Waals surface area contributed by atoms with Gasteiger partial charge >= 0.3 is 7.12 Å². The molecule has 1 aliphatic rings. The number of halogens is 2. The van der Waals surface area contributed by atoms with Gasteiger partial charge in [0.1, 0.15) is 11.5 Å². The Morgan fingerprint density at radius 1 is 1.12 bits per heavy atom. The van der Waals surface area contributed by atoms with Crippen LogP contribution in [0.1, 0.15) is 45.7 Å². The number of nitrogens with zero attached hydrogens (tertiary/aromatic N) is 2. The van der Waals surface area contributed by atoms with Gasteiger partial charge in [0.15, 0.2) is 0 Å². The summed E-state index contributed by atoms with van der Waals surface area (Å²) < 4.78 is 41.1. The molecule has 0 amide bonds. The Balaban J connectivity index is 1.77. The van der Waals surface area contributed by atoms with Crippen LogP contribution in [0.2, 0.25) is 0 Å². The van der Waals surface area contributed by atoms with Crippen LogP contribution in [0.4, 0.5) is 8.78 Å². The lowest BCUT2D eigenvalue weighted by Gasteiger charge is -2.32. The second-order valence-electron chi connectivity index (χ2n) is 7.61. The normalized spacial score (nSPS) is 19.6. The molecule has 26 heavy (non-hydrogen) atoms. The van der Waals surface area contributed by atoms with Crippen LogP contribution >= 0.6 is 0 Å². The average Bonchev–Trinajstić information content (AvgIpc) is 3.10. The van der Waals surface area contributed by atoms with Gasteiger partial charge in [-0.2, -0.15) is 5.10 Å². The van der Waals surface area contributed by atoms with Crippen LogP contribution in [0, 0.1) is 5.82 Å². The van der Waals surface area contributed by atoms with E-state index in [0.29, 0.717) is 17.7 Å². The van der Waals surface area contributed by atoms with Crippen molar-refractivity contribution >= 4 is 12.7 Å². The average molecular weight is 360 g/mol. The summed E-state index contributed by atoms with van der Waals surface area (Å²) in [7, 11) is -1.03. The lowest BCUT2D eigenvalue weighted by molar-refractivity contribution is 0.00578. The summed E-state index contributed by atoms with van der Waals surface area (Å²) in [6, 6.07) is 6.21. The van der Waals surface area contributed by atoms with Gasteiger partial charge in [-0.05, 0) is 57.9 Å². The Kier molecular flexibility index (Phi) is 4.79. The van der Waals surface area contributed by atoms with E-state index in [0.717, 1.165) is 5.56 Å². The van der Waals surface area contributed by atoms with Gasteiger partial charge in [0.05, 0.1) is 23.9 Å². The molecule has 1 aromatic heterocycles. The minimum absolute atomic E-state index is 0.279. The Morgan fingerprint density at radius 2 is 1.69 bits per heavy atom. The maximum Gasteiger partial charge on any atom is 0.525 e. The number of allylic oxidation sites excluding steroid dienone is 1. The smallest absolute Gasteiger partial charge is 0.398 e. The largest absolute Gasteiger partial charge is 0.525 e. The van der Waals surface area contributed by atoms with Crippen molar-refractivity contribution in [3.8, 4) is 0 Å². The molecule has 138 valence electrons. The van der Waals surface area contributed by atoms with E-state index in [9.17, 15) is 8.78 Å². The van der Waals surface area contributed by atoms with Gasteiger partial charge in [0, 0.05) is 11.8 Å². The Bertz CT molecular complexity index is 812. The molecular weight excluding hydrogens is 337 g/mol. The molecular formula is C19H23BF2N2O2. The van der Waals surface area contributed by atoms with Crippen LogP contribution in [-0.2, 0) is 15.9 Å². The predicted octanol–water partition coefficient (Wildman–Crippen LogP) is 4.40. The van der Waals surface area contributed by atoms with E-state index < -0.39 is 24.0 Å². The second-order valence-corrected chi connectivity index (χ2v) is 7.61. The van der Waals surface area contributed by atoms with E-state index >= 15 is 0 Å². The molecule has 1 aliphatic heterocycles. The number of aromatic nitrogens is 2. The maximum absolute atomic E-state index is 14.9. The molecule has 0 unspecified atom stereocenters. The highest BCUT2D eigenvalue weighted by Crippen LogP contribution is 2.40. The zero-order valence-corrected chi connectivity index (χ0v) is 15.7. The minimum Gasteiger partial charge on any atom is -0.398 e. The Labute approximate surface area is 153 Å². The van der Waals surface area contributed by atoms with Crippen molar-refractivity contribution < 1.29 is 18.1 Å². The Hall–Kier alpha value is -1.99. The highest BCUT2D eigenvalue weighted by atomic mass is 19.1. The molecule has 2 aromatic rings. The van der Waals surface area contributed by atoms with Crippen LogP contribution in [-0.4, -0.2) is 28.1 Å². The predicted molar refractivity (Wildman–Crippen MR) is 97.5 cm³/mol. The summed E-state index contributed by atoms with van der Waals surface area (Å²) in [6.45, 7) is 9.70. The van der Waals surface area contributed by atoms with Gasteiger partial charge in [-0.25, -0.2) is 8.78 Å². The SMILES string of the molecule is CC(=C(F)B1OC(C)(C)C(C)(C)O1)c1cnn(Cc2ccc(F)cc2)c1. The Morgan fingerprint density at radius 3 is 2.27 bits per heavy atom. The van der Waals surface area contributed by atoms with Gasteiger partial charge in [-0.15, -0.1) is 0 Å². The molecule has 3 rings (SSSR count). The molecule has 0 saturated carbocycles. The lowest BCUT2D eigenvalue weighted by Crippen LogP contribution is -2.41. The molecule has 0 bridgehead atoms. The summed E-state index contributed by atoms with van der Waals surface area (Å²) in [5.41, 5.74) is 0.344. The minimum atomic E-state index is -1.03. The van der Waals surface area contributed by atoms with Crippen molar-refractivity contribution in [1.82, 2.24) is 9.78 Å². The first-order valence-corrected chi connectivity index (χ1v) is 8.58. The van der Waals surface area contributed by atoms with E-state index in [1.165, 1.54) is 12.1 Å². The van der Waals surface area contributed by atoms with Crippen LogP contribution in [0.3, 0.4) is 0 Å². The zero-order chi connectivity index (χ0) is 19.1. The van der Waals surface area contributed by atoms with Crippen molar-refractivity contribution in [1.29, 1.82) is 0 Å². The van der Waals surface area contributed by atoms with E-state index in [1.54, 1.807) is 36.1 Å². The van der Waals surface area contributed by atoms with Crippen molar-refractivity contribution in [2.24, 2.45) is 0 Å². The third-order valence-corrected chi connectivity index (χ3v) is 5.14. The quantitative estimate of drug-likeness (QED) is 0.759. The van der Waals surface area contributed by atoms with Crippen molar-refractivity contribution in [3.05, 3.63) is 59.3 Å². The van der Waals surface area contributed by atoms with Gasteiger partial charge in [0.2, 0.25) is 0 Å². The van der Waals surface area contributed by atoms with Crippen molar-refractivity contribution in [2.45, 2.75) is 52.4 Å². The fourth-order valence-electron chi connectivity index (χ4n) is 2.68. The van der Waals surface area contributed by atoms with E-state index in [-0.39, 0.29) is 5.82 Å². The molecule has 1 saturated heterocycles. The highest BCUT2D eigenvalue weighted by molar-refractivity contribution is 6.55. The van der Waals surface area contributed by atoms with Gasteiger partial charge in [-0.1, -0.05) is 12.1 Å². The molecule has 1 aromatic carbocycles. The van der Waals surface area contributed by atoms with Crippen molar-refractivity contribution in [3.63, 3.8) is 0 Å². The molecule has 1 fully saturated rings. The van der Waals surface area contributed by atoms with Crippen LogP contribution in [0.5, 0.6) is 0 Å². The van der Waals surface area contributed by atoms with Gasteiger partial charge < -0.3 is 9.31 Å². The molecule has 2 heterocycles. The molecule has 0 aliphatic carbocycles. The zero-order valence-electron chi connectivity index (χ0n) is 15.7. The number of benzene rings is 1. The van der Waals surface area contributed by atoms with Crippen LogP contribution in [0.15, 0.2) is 42.4 Å². The monoisotopic (exact) mass is 360 g/mol. The molecule has 4 nitrogen and oxygen atoms in total. The van der Waals surface area contributed by atoms with Gasteiger partial charge in [-0.3, -0.25) is 4.68 Å². The highest BCUT2D eigenvalue weighted by Gasteiger charge is 2.53. The third kappa shape index (κ3) is 3.59. The fraction of sp³-hybridized carbons (Fsp3) is 0.421. The first-order valence-electron chi connectivity index (χ1n) is 8.58. The summed E-state index contributed by atoms with van der Waals surface area (Å²) in [4.78, 5) is 0. The first kappa shape index (κ1) is 18.8. The molecule has 0 spiro atoms. The standard InChI is InChI=1S/C19H23BF2N2O2/c1-13(17(22)20-25-18(2,3)19(4,5)26-20)15-10-23-24(12-15)11-14-6-8-16(21)9-7-14/h6-10,12H,11H2,1-5H3. The van der Waals surface area contributed by atoms with Crippen LogP contribution in [0.25, 0.3) is 5.57 Å². The lowest BCUT2D eigenvalue weighted by atomic mass is 9.84. The molecule has 7 heteroatoms. The summed E-state index contributed by atoms with van der Waals surface area (Å²) in [5, 5.41) is 4.26. The summed E-state index contributed by atoms with van der Waals surface area (Å²) in [6.07, 6.45) is 3.35. The molecule has 0 radical (unpaired) electrons. The summed E-state index contributed by atoms with van der Waals surface area (Å²) in [5.74, 6) is -0.279. The van der Waals surface area contributed by atoms with Crippen LogP contribution < -0.4 is 0 Å². The number of hydrogen-bond acceptors (Lipinski definition) is 3. The van der Waals surface area contributed by atoms with E-state index in [2.05, 4.69) is 5.10 Å². The topological polar surface area (TPSA) is 36.3 Å². The van der Waals surface area contributed by atoms with E-state index in [4.69, 9.17) is 9.31 Å². The fourth-order valence-corrected chi connectivity index (χ4v) is 2.68. The number of rotatable bonds is 4. The third-order valence-electron chi connectivity index (χ3n) is 5.14. The number of hydrogen-bond donors (Lipinski definition) is 0. The van der Waals surface area contributed by atoms with Gasteiger partial charge in [0.25, 0.3) is 0 Å². The second kappa shape index (κ2) is 6.63. The molecule has 0 atom stereocenters.